The number of amides is 3. The number of fused-ring (bicyclic) bond motifs is 1. The predicted octanol–water partition coefficient (Wildman–Crippen LogP) is 1.91. The van der Waals surface area contributed by atoms with Crippen LogP contribution < -0.4 is 10.6 Å². The van der Waals surface area contributed by atoms with Crippen LogP contribution in [0.4, 0.5) is 0 Å². The number of piperidine rings is 2. The van der Waals surface area contributed by atoms with Crippen molar-refractivity contribution in [3.63, 3.8) is 0 Å². The molecule has 2 aliphatic heterocycles. The van der Waals surface area contributed by atoms with E-state index in [1.807, 2.05) is 21.4 Å². The number of thiazole rings is 1. The van der Waals surface area contributed by atoms with E-state index < -0.39 is 0 Å². The minimum absolute atomic E-state index is 0.0162. The van der Waals surface area contributed by atoms with Gasteiger partial charge in [-0.2, -0.15) is 5.10 Å². The highest BCUT2D eigenvalue weighted by Gasteiger charge is 2.37. The van der Waals surface area contributed by atoms with Crippen molar-refractivity contribution in [2.75, 3.05) is 19.6 Å². The fraction of sp³-hybridized carbons (Fsp3) is 0.538. The van der Waals surface area contributed by atoms with Gasteiger partial charge < -0.3 is 15.1 Å². The van der Waals surface area contributed by atoms with Gasteiger partial charge in [0.2, 0.25) is 11.8 Å². The number of carbonyl (C=O) groups is 3. The minimum atomic E-state index is -0.242. The maximum atomic E-state index is 13.8. The molecule has 1 aliphatic carbocycles. The Bertz CT molecular complexity index is 1340. The van der Waals surface area contributed by atoms with Gasteiger partial charge in [0.25, 0.3) is 5.91 Å². The number of hydrogen-bond acceptors (Lipinski definition) is 8. The summed E-state index contributed by atoms with van der Waals surface area (Å²) < 4.78 is 1.77. The number of hydrogen-bond donors (Lipinski definition) is 2. The van der Waals surface area contributed by atoms with Gasteiger partial charge in [-0.1, -0.05) is 0 Å². The van der Waals surface area contributed by atoms with Crippen LogP contribution >= 0.6 is 11.3 Å². The van der Waals surface area contributed by atoms with Crippen LogP contribution in [0.25, 0.3) is 16.2 Å². The van der Waals surface area contributed by atoms with Crippen molar-refractivity contribution in [1.82, 2.24) is 40.0 Å². The smallest absolute Gasteiger partial charge is 0.273 e. The molecule has 6 rings (SSSR count). The van der Waals surface area contributed by atoms with Crippen LogP contribution in [0, 0.1) is 5.92 Å². The third kappa shape index (κ3) is 5.14. The summed E-state index contributed by atoms with van der Waals surface area (Å²) in [5.74, 6) is 0.688. The highest BCUT2D eigenvalue weighted by Crippen LogP contribution is 2.30. The third-order valence-electron chi connectivity index (χ3n) is 7.77. The molecule has 3 aromatic heterocycles. The highest BCUT2D eigenvalue weighted by atomic mass is 32.1. The van der Waals surface area contributed by atoms with Gasteiger partial charge in [0, 0.05) is 68.8 Å². The van der Waals surface area contributed by atoms with Crippen LogP contribution in [0.1, 0.15) is 55.9 Å². The zero-order valence-electron chi connectivity index (χ0n) is 21.4. The zero-order chi connectivity index (χ0) is 26.2. The summed E-state index contributed by atoms with van der Waals surface area (Å²) in [4.78, 5) is 51.7. The molecule has 11 nitrogen and oxygen atoms in total. The van der Waals surface area contributed by atoms with E-state index >= 15 is 0 Å². The molecule has 38 heavy (non-hydrogen) atoms. The van der Waals surface area contributed by atoms with Crippen molar-refractivity contribution < 1.29 is 14.4 Å². The van der Waals surface area contributed by atoms with Gasteiger partial charge in [0.1, 0.15) is 10.5 Å². The monoisotopic (exact) mass is 536 g/mol. The van der Waals surface area contributed by atoms with Gasteiger partial charge in [-0.05, 0) is 38.2 Å². The number of rotatable bonds is 6. The molecule has 2 atom stereocenters. The lowest BCUT2D eigenvalue weighted by Crippen LogP contribution is -2.60. The first-order chi connectivity index (χ1) is 18.5. The molecule has 5 heterocycles. The van der Waals surface area contributed by atoms with Gasteiger partial charge in [-0.15, -0.1) is 11.3 Å². The summed E-state index contributed by atoms with van der Waals surface area (Å²) in [6.07, 6.45) is 9.89. The quantitative estimate of drug-likeness (QED) is 0.493. The summed E-state index contributed by atoms with van der Waals surface area (Å²) in [6.45, 7) is 3.52. The van der Waals surface area contributed by atoms with Crippen molar-refractivity contribution in [3.8, 4) is 11.4 Å². The Morgan fingerprint density at radius 3 is 2.61 bits per heavy atom. The van der Waals surface area contributed by atoms with E-state index in [4.69, 9.17) is 0 Å². The fourth-order valence-corrected chi connectivity index (χ4v) is 6.22. The van der Waals surface area contributed by atoms with Crippen molar-refractivity contribution >= 4 is 33.9 Å². The molecule has 3 fully saturated rings. The molecular weight excluding hydrogens is 504 g/mol. The molecule has 0 spiro atoms. The Labute approximate surface area is 224 Å². The van der Waals surface area contributed by atoms with Crippen LogP contribution in [-0.4, -0.2) is 85.0 Å². The van der Waals surface area contributed by atoms with Crippen molar-refractivity contribution in [1.29, 1.82) is 0 Å². The third-order valence-corrected chi connectivity index (χ3v) is 8.66. The molecule has 12 heteroatoms. The second-order valence-electron chi connectivity index (χ2n) is 10.4. The predicted molar refractivity (Wildman–Crippen MR) is 141 cm³/mol. The first kappa shape index (κ1) is 24.9. The summed E-state index contributed by atoms with van der Waals surface area (Å²) in [5.41, 5.74) is 1.13. The minimum Gasteiger partial charge on any atom is -0.353 e. The van der Waals surface area contributed by atoms with Gasteiger partial charge in [0.05, 0.1) is 17.9 Å². The Morgan fingerprint density at radius 2 is 1.84 bits per heavy atom. The zero-order valence-corrected chi connectivity index (χ0v) is 22.2. The van der Waals surface area contributed by atoms with E-state index in [1.54, 1.807) is 41.2 Å². The number of nitrogens with zero attached hydrogens (tertiary/aromatic N) is 6. The number of likely N-dealkylation sites (tertiary alicyclic amines) is 2. The Morgan fingerprint density at radius 1 is 1.05 bits per heavy atom. The van der Waals surface area contributed by atoms with E-state index in [0.717, 1.165) is 36.1 Å². The second kappa shape index (κ2) is 10.4. The summed E-state index contributed by atoms with van der Waals surface area (Å²) in [6, 6.07) is 1.86. The average molecular weight is 537 g/mol. The van der Waals surface area contributed by atoms with Crippen LogP contribution in [0.15, 0.2) is 30.0 Å². The maximum absolute atomic E-state index is 13.8. The largest absolute Gasteiger partial charge is 0.353 e. The fourth-order valence-electron chi connectivity index (χ4n) is 5.43. The summed E-state index contributed by atoms with van der Waals surface area (Å²) in [7, 11) is 0. The summed E-state index contributed by atoms with van der Waals surface area (Å²) >= 11 is 1.55. The number of nitrogens with one attached hydrogen (secondary N) is 2. The van der Waals surface area contributed by atoms with E-state index in [-0.39, 0.29) is 41.9 Å². The van der Waals surface area contributed by atoms with Gasteiger partial charge in [0.15, 0.2) is 5.82 Å². The Balaban J connectivity index is 1.20. The number of carbonyl (C=O) groups excluding carboxylic acids is 3. The van der Waals surface area contributed by atoms with Gasteiger partial charge in [-0.3, -0.25) is 19.7 Å². The Kier molecular flexibility index (Phi) is 6.83. The van der Waals surface area contributed by atoms with Crippen LogP contribution in [-0.2, 0) is 9.59 Å². The van der Waals surface area contributed by atoms with E-state index in [0.29, 0.717) is 44.0 Å². The molecule has 3 aliphatic rings. The molecule has 0 bridgehead atoms. The molecule has 200 valence electrons. The van der Waals surface area contributed by atoms with Crippen molar-refractivity contribution in [2.45, 2.75) is 63.7 Å². The lowest BCUT2D eigenvalue weighted by molar-refractivity contribution is -0.130. The first-order valence-electron chi connectivity index (χ1n) is 13.3. The van der Waals surface area contributed by atoms with Crippen LogP contribution in [0.2, 0.25) is 0 Å². The van der Waals surface area contributed by atoms with E-state index in [9.17, 15) is 14.4 Å². The van der Waals surface area contributed by atoms with E-state index in [2.05, 4.69) is 25.7 Å². The topological polar surface area (TPSA) is 125 Å². The average Bonchev–Trinajstić information content (AvgIpc) is 3.55. The van der Waals surface area contributed by atoms with Crippen LogP contribution in [0.5, 0.6) is 0 Å². The highest BCUT2D eigenvalue weighted by molar-refractivity contribution is 7.16. The molecule has 3 amide bonds. The normalized spacial score (nSPS) is 22.6. The molecule has 0 radical (unpaired) electrons. The lowest BCUT2D eigenvalue weighted by atomic mass is 9.98. The SMILES string of the molecule is CC(=O)N1CCC(NC2CC(NC(=O)C3CC3)CCN2C(=O)c2ccnc(-c3cnn4ccsc34)n2)CC1. The van der Waals surface area contributed by atoms with Gasteiger partial charge >= 0.3 is 0 Å². The Hall–Kier alpha value is -3.38. The second-order valence-corrected chi connectivity index (χ2v) is 11.3. The van der Waals surface area contributed by atoms with Crippen molar-refractivity contribution in [3.05, 3.63) is 35.7 Å². The molecule has 2 saturated heterocycles. The van der Waals surface area contributed by atoms with Gasteiger partial charge in [-0.25, -0.2) is 14.5 Å². The lowest BCUT2D eigenvalue weighted by Gasteiger charge is -2.43. The first-order valence-corrected chi connectivity index (χ1v) is 14.2. The summed E-state index contributed by atoms with van der Waals surface area (Å²) in [5, 5.41) is 13.2. The molecular formula is C26H32N8O3S. The van der Waals surface area contributed by atoms with Crippen molar-refractivity contribution in [2.24, 2.45) is 5.92 Å². The standard InChI is InChI=1S/C26H32N8O3S/c1-16(35)32-9-5-18(6-10-32)29-22-14-19(30-24(36)17-2-3-17)7-11-33(22)25(37)21-4-8-27-23(31-21)20-15-28-34-12-13-38-26(20)34/h4,8,12-13,15,17-19,22,29H,2-3,5-7,9-11,14H2,1H3,(H,30,36). The molecule has 3 aromatic rings. The number of aromatic nitrogens is 4. The molecule has 2 N–H and O–H groups in total. The van der Waals surface area contributed by atoms with Crippen LogP contribution in [0.3, 0.4) is 0 Å². The maximum Gasteiger partial charge on any atom is 0.273 e. The molecule has 1 saturated carbocycles. The molecule has 2 unspecified atom stereocenters. The molecule has 0 aromatic carbocycles. The van der Waals surface area contributed by atoms with E-state index in [1.165, 1.54) is 0 Å².